The summed E-state index contributed by atoms with van der Waals surface area (Å²) in [6, 6.07) is 0. The molecule has 1 fully saturated rings. The molecule has 0 aromatic carbocycles. The molecule has 0 heteroatoms. The summed E-state index contributed by atoms with van der Waals surface area (Å²) in [5.74, 6) is 2.77. The molecule has 3 atom stereocenters. The maximum absolute atomic E-state index is 3.78. The molecule has 0 aromatic rings. The summed E-state index contributed by atoms with van der Waals surface area (Å²) in [5, 5.41) is 0. The molecule has 0 aliphatic heterocycles. The van der Waals surface area contributed by atoms with Crippen LogP contribution in [0.2, 0.25) is 0 Å². The zero-order valence-corrected chi connectivity index (χ0v) is 12.8. The highest BCUT2D eigenvalue weighted by Gasteiger charge is 2.20. The Hall–Kier alpha value is -0.480. The number of hydrogen-bond acceptors (Lipinski definition) is 0. The zero-order valence-electron chi connectivity index (χ0n) is 12.8. The van der Waals surface area contributed by atoms with Crippen LogP contribution in [0.4, 0.5) is 0 Å². The summed E-state index contributed by atoms with van der Waals surface area (Å²) in [5.41, 5.74) is 4.58. The van der Waals surface area contributed by atoms with Crippen LogP contribution < -0.4 is 0 Å². The molecule has 0 aromatic heterocycles. The van der Waals surface area contributed by atoms with Crippen LogP contribution in [0.1, 0.15) is 78.6 Å². The van der Waals surface area contributed by atoms with Crippen LogP contribution in [-0.2, 0) is 0 Å². The van der Waals surface area contributed by atoms with Crippen molar-refractivity contribution in [1.29, 1.82) is 0 Å². The van der Waals surface area contributed by atoms with Gasteiger partial charge in [0.2, 0.25) is 0 Å². The first-order valence-corrected chi connectivity index (χ1v) is 8.03. The lowest BCUT2D eigenvalue weighted by atomic mass is 9.90. The summed E-state index contributed by atoms with van der Waals surface area (Å²) in [6.07, 6.45) is 12.4. The van der Waals surface area contributed by atoms with E-state index in [2.05, 4.69) is 33.1 Å². The van der Waals surface area contributed by atoms with E-state index in [0.29, 0.717) is 0 Å². The fourth-order valence-corrected chi connectivity index (χ4v) is 3.17. The van der Waals surface area contributed by atoms with Crippen molar-refractivity contribution in [3.8, 4) is 0 Å². The molecular formula is C18H32. The van der Waals surface area contributed by atoms with E-state index in [0.717, 1.165) is 17.8 Å². The van der Waals surface area contributed by atoms with E-state index < -0.39 is 0 Å². The maximum Gasteiger partial charge on any atom is -0.0215 e. The van der Waals surface area contributed by atoms with Gasteiger partial charge in [0.1, 0.15) is 0 Å². The summed E-state index contributed by atoms with van der Waals surface area (Å²) in [6.45, 7) is 10.9. The molecular weight excluding hydrogens is 216 g/mol. The van der Waals surface area contributed by atoms with Crippen LogP contribution in [0, 0.1) is 17.8 Å². The van der Waals surface area contributed by atoms with E-state index in [1.165, 1.54) is 63.4 Å². The Morgan fingerprint density at radius 1 is 1.22 bits per heavy atom. The van der Waals surface area contributed by atoms with Gasteiger partial charge in [-0.05, 0) is 49.0 Å². The lowest BCUT2D eigenvalue weighted by Crippen LogP contribution is -2.03. The van der Waals surface area contributed by atoms with Crippen LogP contribution in [0.25, 0.3) is 0 Å². The van der Waals surface area contributed by atoms with E-state index >= 15 is 0 Å². The molecule has 1 saturated carbocycles. The molecule has 0 amide bonds. The Morgan fingerprint density at radius 3 is 2.44 bits per heavy atom. The summed E-state index contributed by atoms with van der Waals surface area (Å²) in [7, 11) is 0. The third-order valence-electron chi connectivity index (χ3n) is 4.72. The minimum absolute atomic E-state index is 0.913. The van der Waals surface area contributed by atoms with Gasteiger partial charge >= 0.3 is 0 Å². The van der Waals surface area contributed by atoms with E-state index in [9.17, 15) is 0 Å². The van der Waals surface area contributed by atoms with Crippen molar-refractivity contribution < 1.29 is 0 Å². The third kappa shape index (κ3) is 5.91. The van der Waals surface area contributed by atoms with E-state index in [4.69, 9.17) is 0 Å². The molecule has 104 valence electrons. The molecule has 0 N–H and O–H groups in total. The molecule has 0 heterocycles. The van der Waals surface area contributed by atoms with Crippen molar-refractivity contribution in [2.45, 2.75) is 78.6 Å². The van der Waals surface area contributed by atoms with Crippen LogP contribution in [0.5, 0.6) is 0 Å². The molecule has 0 bridgehead atoms. The minimum Gasteiger partial charge on any atom is -0.130 e. The van der Waals surface area contributed by atoms with Gasteiger partial charge in [0, 0.05) is 0 Å². The second-order valence-corrected chi connectivity index (χ2v) is 6.53. The van der Waals surface area contributed by atoms with Crippen molar-refractivity contribution >= 4 is 0 Å². The van der Waals surface area contributed by atoms with Gasteiger partial charge in [-0.25, -0.2) is 0 Å². The lowest BCUT2D eigenvalue weighted by molar-refractivity contribution is 0.364. The largest absolute Gasteiger partial charge is 0.130 e. The average molecular weight is 248 g/mol. The Labute approximate surface area is 115 Å². The number of allylic oxidation sites excluding steroid dienone is 1. The molecule has 1 aliphatic rings. The van der Waals surface area contributed by atoms with E-state index in [1.54, 1.807) is 0 Å². The van der Waals surface area contributed by atoms with Crippen molar-refractivity contribution in [2.24, 2.45) is 17.8 Å². The van der Waals surface area contributed by atoms with Crippen LogP contribution in [0.15, 0.2) is 17.9 Å². The second-order valence-electron chi connectivity index (χ2n) is 6.53. The van der Waals surface area contributed by atoms with Crippen LogP contribution >= 0.6 is 0 Å². The SMILES string of the molecule is C=C=C1CCC(CC(C)CCCCC(C)CC)C1. The highest BCUT2D eigenvalue weighted by Crippen LogP contribution is 2.34. The van der Waals surface area contributed by atoms with Crippen molar-refractivity contribution in [3.63, 3.8) is 0 Å². The third-order valence-corrected chi connectivity index (χ3v) is 4.72. The monoisotopic (exact) mass is 248 g/mol. The van der Waals surface area contributed by atoms with E-state index in [1.807, 2.05) is 0 Å². The number of unbranched alkanes of at least 4 members (excludes halogenated alkanes) is 1. The van der Waals surface area contributed by atoms with Gasteiger partial charge in [0.15, 0.2) is 0 Å². The Balaban J connectivity index is 2.07. The Kier molecular flexibility index (Phi) is 7.44. The fourth-order valence-electron chi connectivity index (χ4n) is 3.17. The second kappa shape index (κ2) is 8.59. The summed E-state index contributed by atoms with van der Waals surface area (Å²) < 4.78 is 0. The average Bonchev–Trinajstić information content (AvgIpc) is 2.81. The molecule has 0 radical (unpaired) electrons. The van der Waals surface area contributed by atoms with Crippen molar-refractivity contribution in [3.05, 3.63) is 17.9 Å². The molecule has 0 nitrogen and oxygen atoms in total. The first-order chi connectivity index (χ1) is 8.65. The van der Waals surface area contributed by atoms with Crippen LogP contribution in [0.3, 0.4) is 0 Å². The fraction of sp³-hybridized carbons (Fsp3) is 0.833. The molecule has 18 heavy (non-hydrogen) atoms. The van der Waals surface area contributed by atoms with Crippen molar-refractivity contribution in [1.82, 2.24) is 0 Å². The quantitative estimate of drug-likeness (QED) is 0.358. The maximum atomic E-state index is 3.78. The first-order valence-electron chi connectivity index (χ1n) is 8.03. The standard InChI is InChI=1S/C18H32/c1-5-15(3)9-7-8-10-16(4)13-18-12-11-17(6-2)14-18/h15-16,18H,2,5,7-14H2,1,3-4H3. The van der Waals surface area contributed by atoms with Gasteiger partial charge in [-0.1, -0.05) is 59.5 Å². The lowest BCUT2D eigenvalue weighted by Gasteiger charge is -2.16. The van der Waals surface area contributed by atoms with Crippen LogP contribution in [-0.4, -0.2) is 0 Å². The first kappa shape index (κ1) is 15.6. The van der Waals surface area contributed by atoms with Gasteiger partial charge < -0.3 is 0 Å². The molecule has 0 spiro atoms. The zero-order chi connectivity index (χ0) is 13.4. The Morgan fingerprint density at radius 2 is 1.89 bits per heavy atom. The molecule has 1 aliphatic carbocycles. The minimum atomic E-state index is 0.913. The predicted molar refractivity (Wildman–Crippen MR) is 81.7 cm³/mol. The molecule has 3 unspecified atom stereocenters. The van der Waals surface area contributed by atoms with Gasteiger partial charge in [-0.3, -0.25) is 0 Å². The van der Waals surface area contributed by atoms with Crippen molar-refractivity contribution in [2.75, 3.05) is 0 Å². The Bertz CT molecular complexity index is 270. The smallest absolute Gasteiger partial charge is 0.0215 e. The van der Waals surface area contributed by atoms with E-state index in [-0.39, 0.29) is 0 Å². The summed E-state index contributed by atoms with van der Waals surface area (Å²) >= 11 is 0. The van der Waals surface area contributed by atoms with Gasteiger partial charge in [0.25, 0.3) is 0 Å². The van der Waals surface area contributed by atoms with Gasteiger partial charge in [-0.15, -0.1) is 5.73 Å². The molecule has 1 rings (SSSR count). The normalized spacial score (nSPS) is 22.8. The predicted octanol–water partition coefficient (Wildman–Crippen LogP) is 6.13. The summed E-state index contributed by atoms with van der Waals surface area (Å²) in [4.78, 5) is 0. The van der Waals surface area contributed by atoms with Gasteiger partial charge in [0.05, 0.1) is 0 Å². The topological polar surface area (TPSA) is 0 Å². The number of hydrogen-bond donors (Lipinski definition) is 0. The highest BCUT2D eigenvalue weighted by molar-refractivity contribution is 5.05. The molecule has 0 saturated heterocycles. The number of rotatable bonds is 8. The highest BCUT2D eigenvalue weighted by atomic mass is 14.3. The van der Waals surface area contributed by atoms with Gasteiger partial charge in [-0.2, -0.15) is 0 Å².